The molecule has 4 aromatic rings. The molecule has 0 bridgehead atoms. The highest BCUT2D eigenvalue weighted by Crippen LogP contribution is 2.37. The van der Waals surface area contributed by atoms with E-state index < -0.39 is 0 Å². The van der Waals surface area contributed by atoms with Crippen molar-refractivity contribution in [3.05, 3.63) is 81.9 Å². The molecule has 0 spiro atoms. The van der Waals surface area contributed by atoms with E-state index in [4.69, 9.17) is 0 Å². The summed E-state index contributed by atoms with van der Waals surface area (Å²) in [5, 5.41) is 16.0. The summed E-state index contributed by atoms with van der Waals surface area (Å²) in [6.45, 7) is 4.44. The molecule has 180 valence electrons. The molecule has 1 aromatic carbocycles. The number of rotatable bonds is 5. The lowest BCUT2D eigenvalue weighted by Crippen LogP contribution is -2.38. The largest absolute Gasteiger partial charge is 0.338 e. The average Bonchev–Trinajstić information content (AvgIpc) is 3.65. The third-order valence-corrected chi connectivity index (χ3v) is 8.28. The smallest absolute Gasteiger partial charge is 0.257 e. The Kier molecular flexibility index (Phi) is 6.03. The van der Waals surface area contributed by atoms with E-state index in [1.807, 2.05) is 23.1 Å². The monoisotopic (exact) mass is 490 g/mol. The van der Waals surface area contributed by atoms with Gasteiger partial charge in [-0.3, -0.25) is 4.79 Å². The summed E-state index contributed by atoms with van der Waals surface area (Å²) < 4.78 is 14.9. The summed E-state index contributed by atoms with van der Waals surface area (Å²) in [5.41, 5.74) is 3.59. The molecule has 0 N–H and O–H groups in total. The maximum Gasteiger partial charge on any atom is 0.257 e. The van der Waals surface area contributed by atoms with Crippen molar-refractivity contribution in [3.63, 3.8) is 0 Å². The van der Waals surface area contributed by atoms with Gasteiger partial charge in [0.2, 0.25) is 0 Å². The number of carbonyl (C=O) groups excluding carboxylic acids is 1. The molecule has 0 aliphatic carbocycles. The lowest BCUT2D eigenvalue weighted by atomic mass is 9.87. The van der Waals surface area contributed by atoms with Crippen LogP contribution in [-0.2, 0) is 0 Å². The van der Waals surface area contributed by atoms with E-state index in [1.165, 1.54) is 11.1 Å². The van der Waals surface area contributed by atoms with Crippen molar-refractivity contribution in [2.24, 2.45) is 5.92 Å². The minimum absolute atomic E-state index is 0.0110. The van der Waals surface area contributed by atoms with Gasteiger partial charge in [0, 0.05) is 31.7 Å². The molecular formula is C26H27FN6OS. The number of tetrazole rings is 1. The number of aromatic nitrogens is 4. The third-order valence-electron chi connectivity index (χ3n) is 7.58. The number of pyridine rings is 1. The number of hydrogen-bond donors (Lipinski definition) is 0. The number of likely N-dealkylation sites (tertiary alicyclic amines) is 2. The molecule has 9 heteroatoms. The Bertz CT molecular complexity index is 1300. The highest BCUT2D eigenvalue weighted by molar-refractivity contribution is 7.08. The van der Waals surface area contributed by atoms with E-state index in [0.717, 1.165) is 39.0 Å². The molecule has 0 unspecified atom stereocenters. The van der Waals surface area contributed by atoms with Gasteiger partial charge in [-0.15, -0.1) is 5.10 Å². The van der Waals surface area contributed by atoms with Gasteiger partial charge in [-0.1, -0.05) is 12.1 Å². The number of amides is 1. The number of thiophene rings is 1. The summed E-state index contributed by atoms with van der Waals surface area (Å²) in [6, 6.07) is 12.8. The predicted octanol–water partition coefficient (Wildman–Crippen LogP) is 4.06. The Labute approximate surface area is 207 Å². The molecule has 2 aliphatic heterocycles. The predicted molar refractivity (Wildman–Crippen MR) is 132 cm³/mol. The van der Waals surface area contributed by atoms with Crippen molar-refractivity contribution in [2.45, 2.75) is 24.7 Å². The van der Waals surface area contributed by atoms with Crippen LogP contribution >= 0.6 is 11.3 Å². The Morgan fingerprint density at radius 2 is 1.89 bits per heavy atom. The molecule has 3 aromatic heterocycles. The van der Waals surface area contributed by atoms with Crippen LogP contribution in [0, 0.1) is 11.7 Å². The zero-order valence-corrected chi connectivity index (χ0v) is 20.1. The minimum atomic E-state index is -0.178. The van der Waals surface area contributed by atoms with Crippen molar-refractivity contribution < 1.29 is 9.18 Å². The van der Waals surface area contributed by atoms with Crippen LogP contribution in [-0.4, -0.2) is 68.5 Å². The van der Waals surface area contributed by atoms with Crippen LogP contribution in [0.3, 0.4) is 0 Å². The van der Waals surface area contributed by atoms with Gasteiger partial charge in [-0.25, -0.2) is 4.39 Å². The molecule has 5 heterocycles. The maximum absolute atomic E-state index is 13.5. The summed E-state index contributed by atoms with van der Waals surface area (Å²) in [4.78, 5) is 18.0. The first-order valence-corrected chi connectivity index (χ1v) is 13.1. The van der Waals surface area contributed by atoms with Crippen molar-refractivity contribution >= 4 is 22.9 Å². The number of fused-ring (bicyclic) bond motifs is 1. The number of benzene rings is 1. The van der Waals surface area contributed by atoms with E-state index in [9.17, 15) is 9.18 Å². The van der Waals surface area contributed by atoms with Gasteiger partial charge < -0.3 is 9.80 Å². The summed E-state index contributed by atoms with van der Waals surface area (Å²) in [5.74, 6) is 0.978. The van der Waals surface area contributed by atoms with E-state index in [2.05, 4.69) is 37.3 Å². The minimum Gasteiger partial charge on any atom is -0.338 e. The SMILES string of the molecule is O=C(c1cccn2nnnc12)N1C[C@@H](CN2CCC(c3ccc(F)cc3)CC2)[C@H](c2ccsc2)C1. The van der Waals surface area contributed by atoms with Crippen LogP contribution in [0.2, 0.25) is 0 Å². The van der Waals surface area contributed by atoms with Crippen molar-refractivity contribution in [2.75, 3.05) is 32.7 Å². The molecule has 2 aliphatic rings. The molecule has 6 rings (SSSR count). The van der Waals surface area contributed by atoms with Crippen LogP contribution < -0.4 is 0 Å². The molecule has 2 atom stereocenters. The average molecular weight is 491 g/mol. The van der Waals surface area contributed by atoms with Gasteiger partial charge in [-0.2, -0.15) is 15.9 Å². The highest BCUT2D eigenvalue weighted by atomic mass is 32.1. The fraction of sp³-hybridized carbons (Fsp3) is 0.385. The Morgan fingerprint density at radius 1 is 1.06 bits per heavy atom. The van der Waals surface area contributed by atoms with Gasteiger partial charge in [0.15, 0.2) is 5.65 Å². The van der Waals surface area contributed by atoms with Gasteiger partial charge in [-0.05, 0) is 100 Å². The lowest BCUT2D eigenvalue weighted by Gasteiger charge is -2.34. The first-order valence-electron chi connectivity index (χ1n) is 12.1. The molecule has 0 radical (unpaired) electrons. The first kappa shape index (κ1) is 22.3. The molecule has 1 amide bonds. The van der Waals surface area contributed by atoms with E-state index in [0.29, 0.717) is 35.5 Å². The van der Waals surface area contributed by atoms with Gasteiger partial charge in [0.1, 0.15) is 5.82 Å². The van der Waals surface area contributed by atoms with Crippen LogP contribution in [0.4, 0.5) is 4.39 Å². The standard InChI is InChI=1S/C26H27FN6OS/c27-22-5-3-18(4-6-22)19-7-11-31(12-8-19)14-21-15-32(16-24(21)20-9-13-35-17-20)26(34)23-2-1-10-33-25(23)28-29-30-33/h1-6,9-10,13,17,19,21,24H,7-8,11-12,14-16H2/t21-,24+/m1/s1. The summed E-state index contributed by atoms with van der Waals surface area (Å²) >= 11 is 1.71. The zero-order chi connectivity index (χ0) is 23.8. The quantitative estimate of drug-likeness (QED) is 0.422. The van der Waals surface area contributed by atoms with Crippen LogP contribution in [0.25, 0.3) is 5.65 Å². The molecule has 2 fully saturated rings. The van der Waals surface area contributed by atoms with E-state index in [-0.39, 0.29) is 11.7 Å². The van der Waals surface area contributed by atoms with Crippen molar-refractivity contribution in [1.82, 2.24) is 29.8 Å². The molecule has 0 saturated carbocycles. The van der Waals surface area contributed by atoms with E-state index >= 15 is 0 Å². The van der Waals surface area contributed by atoms with Gasteiger partial charge in [0.05, 0.1) is 5.56 Å². The van der Waals surface area contributed by atoms with Crippen molar-refractivity contribution in [1.29, 1.82) is 0 Å². The zero-order valence-electron chi connectivity index (χ0n) is 19.3. The highest BCUT2D eigenvalue weighted by Gasteiger charge is 2.38. The number of carbonyl (C=O) groups is 1. The van der Waals surface area contributed by atoms with Crippen molar-refractivity contribution in [3.8, 4) is 0 Å². The van der Waals surface area contributed by atoms with Crippen LogP contribution in [0.5, 0.6) is 0 Å². The fourth-order valence-corrected chi connectivity index (χ4v) is 6.43. The summed E-state index contributed by atoms with van der Waals surface area (Å²) in [7, 11) is 0. The first-order chi connectivity index (χ1) is 17.2. The summed E-state index contributed by atoms with van der Waals surface area (Å²) in [6.07, 6.45) is 3.90. The topological polar surface area (TPSA) is 66.6 Å². The Morgan fingerprint density at radius 3 is 2.66 bits per heavy atom. The molecular weight excluding hydrogens is 463 g/mol. The molecule has 2 saturated heterocycles. The second kappa shape index (κ2) is 9.47. The second-order valence-electron chi connectivity index (χ2n) is 9.63. The maximum atomic E-state index is 13.5. The number of nitrogens with zero attached hydrogens (tertiary/aromatic N) is 6. The normalized spacial score (nSPS) is 21.7. The Balaban J connectivity index is 1.16. The lowest BCUT2D eigenvalue weighted by molar-refractivity contribution is 0.0782. The third kappa shape index (κ3) is 4.46. The molecule has 35 heavy (non-hydrogen) atoms. The number of piperidine rings is 1. The number of hydrogen-bond acceptors (Lipinski definition) is 6. The van der Waals surface area contributed by atoms with Gasteiger partial charge in [0.25, 0.3) is 5.91 Å². The van der Waals surface area contributed by atoms with Gasteiger partial charge >= 0.3 is 0 Å². The molecule has 7 nitrogen and oxygen atoms in total. The van der Waals surface area contributed by atoms with Crippen LogP contribution in [0.1, 0.15) is 46.2 Å². The second-order valence-corrected chi connectivity index (χ2v) is 10.4. The Hall–Kier alpha value is -3.17. The number of halogens is 1. The fourth-order valence-electron chi connectivity index (χ4n) is 5.71. The van der Waals surface area contributed by atoms with Crippen LogP contribution in [0.15, 0.2) is 59.4 Å². The van der Waals surface area contributed by atoms with E-state index in [1.54, 1.807) is 40.2 Å².